The quantitative estimate of drug-likeness (QED) is 0.826. The molecule has 18 heavy (non-hydrogen) atoms. The van der Waals surface area contributed by atoms with Crippen LogP contribution < -0.4 is 11.1 Å². The molecular weight excluding hydrogens is 246 g/mol. The molecular formula is C13H21N3OS. The van der Waals surface area contributed by atoms with Crippen LogP contribution >= 0.6 is 11.3 Å². The van der Waals surface area contributed by atoms with Crippen LogP contribution in [0.25, 0.3) is 0 Å². The van der Waals surface area contributed by atoms with E-state index in [1.54, 1.807) is 5.38 Å². The van der Waals surface area contributed by atoms with Gasteiger partial charge < -0.3 is 11.1 Å². The van der Waals surface area contributed by atoms with Gasteiger partial charge in [0.15, 0.2) is 0 Å². The van der Waals surface area contributed by atoms with E-state index in [4.69, 9.17) is 5.73 Å². The Hall–Kier alpha value is -0.940. The predicted octanol–water partition coefficient (Wildman–Crippen LogP) is 2.30. The topological polar surface area (TPSA) is 68.0 Å². The second-order valence-electron chi connectivity index (χ2n) is 5.11. The third kappa shape index (κ3) is 3.53. The Kier molecular flexibility index (Phi) is 4.72. The van der Waals surface area contributed by atoms with Crippen LogP contribution in [0.5, 0.6) is 0 Å². The first-order valence-electron chi connectivity index (χ1n) is 6.64. The zero-order chi connectivity index (χ0) is 13.0. The number of nitrogens with two attached hydrogens (primary N) is 1. The Bertz CT molecular complexity index is 405. The second-order valence-corrected chi connectivity index (χ2v) is 6.06. The molecule has 4 nitrogen and oxygen atoms in total. The summed E-state index contributed by atoms with van der Waals surface area (Å²) in [7, 11) is 0. The van der Waals surface area contributed by atoms with Crippen molar-refractivity contribution in [1.29, 1.82) is 0 Å². The molecule has 0 spiro atoms. The normalized spacial score (nSPS) is 24.6. The number of carbonyl (C=O) groups is 1. The molecule has 3 N–H and O–H groups in total. The zero-order valence-electron chi connectivity index (χ0n) is 10.8. The summed E-state index contributed by atoms with van der Waals surface area (Å²) in [5.74, 6) is 0.737. The molecule has 1 heterocycles. The first kappa shape index (κ1) is 13.5. The standard InChI is InChI=1S/C13H21N3OS/c1-9-3-2-4-10(6-5-9)15-13(17)11-8-18-12(7-14)16-11/h8-10H,2-7,14H2,1H3,(H,15,17). The Morgan fingerprint density at radius 1 is 1.50 bits per heavy atom. The highest BCUT2D eigenvalue weighted by Crippen LogP contribution is 2.22. The first-order chi connectivity index (χ1) is 8.69. The third-order valence-corrected chi connectivity index (χ3v) is 4.42. The number of thiazole rings is 1. The van der Waals surface area contributed by atoms with E-state index in [0.29, 0.717) is 18.3 Å². The monoisotopic (exact) mass is 267 g/mol. The maximum atomic E-state index is 12.0. The van der Waals surface area contributed by atoms with Gasteiger partial charge in [0.05, 0.1) is 0 Å². The van der Waals surface area contributed by atoms with Gasteiger partial charge in [-0.2, -0.15) is 0 Å². The molecule has 1 amide bonds. The van der Waals surface area contributed by atoms with Gasteiger partial charge in [0.25, 0.3) is 5.91 Å². The maximum Gasteiger partial charge on any atom is 0.270 e. The van der Waals surface area contributed by atoms with Gasteiger partial charge >= 0.3 is 0 Å². The van der Waals surface area contributed by atoms with Gasteiger partial charge in [-0.15, -0.1) is 11.3 Å². The van der Waals surface area contributed by atoms with Crippen molar-refractivity contribution in [3.8, 4) is 0 Å². The summed E-state index contributed by atoms with van der Waals surface area (Å²) in [4.78, 5) is 16.2. The van der Waals surface area contributed by atoms with Crippen molar-refractivity contribution in [1.82, 2.24) is 10.3 Å². The molecule has 1 aromatic rings. The molecule has 1 saturated carbocycles. The smallest absolute Gasteiger partial charge is 0.270 e. The summed E-state index contributed by atoms with van der Waals surface area (Å²) in [5.41, 5.74) is 6.01. The molecule has 0 bridgehead atoms. The number of nitrogens with zero attached hydrogens (tertiary/aromatic N) is 1. The summed E-state index contributed by atoms with van der Waals surface area (Å²) in [5, 5.41) is 5.70. The van der Waals surface area contributed by atoms with Crippen molar-refractivity contribution < 1.29 is 4.79 Å². The fourth-order valence-electron chi connectivity index (χ4n) is 2.40. The molecule has 1 fully saturated rings. The molecule has 2 atom stereocenters. The molecule has 0 radical (unpaired) electrons. The van der Waals surface area contributed by atoms with Gasteiger partial charge in [0, 0.05) is 18.0 Å². The van der Waals surface area contributed by atoms with Gasteiger partial charge in [-0.25, -0.2) is 4.98 Å². The average Bonchev–Trinajstić information content (AvgIpc) is 2.76. The Morgan fingerprint density at radius 2 is 2.33 bits per heavy atom. The third-order valence-electron chi connectivity index (χ3n) is 3.55. The Labute approximate surface area is 112 Å². The number of nitrogens with one attached hydrogen (secondary N) is 1. The van der Waals surface area contributed by atoms with Crippen LogP contribution in [-0.4, -0.2) is 16.9 Å². The lowest BCUT2D eigenvalue weighted by Gasteiger charge is -2.15. The van der Waals surface area contributed by atoms with Gasteiger partial charge in [-0.1, -0.05) is 19.8 Å². The van der Waals surface area contributed by atoms with Gasteiger partial charge in [-0.05, 0) is 25.2 Å². The lowest BCUT2D eigenvalue weighted by molar-refractivity contribution is 0.0928. The van der Waals surface area contributed by atoms with Crippen molar-refractivity contribution in [2.24, 2.45) is 11.7 Å². The molecule has 2 rings (SSSR count). The minimum absolute atomic E-state index is 0.0505. The van der Waals surface area contributed by atoms with Crippen LogP contribution in [0.3, 0.4) is 0 Å². The Morgan fingerprint density at radius 3 is 3.06 bits per heavy atom. The lowest BCUT2D eigenvalue weighted by Crippen LogP contribution is -2.34. The number of hydrogen-bond acceptors (Lipinski definition) is 4. The molecule has 1 aliphatic carbocycles. The van der Waals surface area contributed by atoms with Crippen molar-refractivity contribution in [2.45, 2.75) is 51.6 Å². The van der Waals surface area contributed by atoms with E-state index >= 15 is 0 Å². The Balaban J connectivity index is 1.90. The summed E-state index contributed by atoms with van der Waals surface area (Å²) in [6.07, 6.45) is 5.86. The number of hydrogen-bond donors (Lipinski definition) is 2. The largest absolute Gasteiger partial charge is 0.348 e. The zero-order valence-corrected chi connectivity index (χ0v) is 11.6. The van der Waals surface area contributed by atoms with Crippen LogP contribution in [-0.2, 0) is 6.54 Å². The fraction of sp³-hybridized carbons (Fsp3) is 0.692. The summed E-state index contributed by atoms with van der Waals surface area (Å²) < 4.78 is 0. The van der Waals surface area contributed by atoms with Gasteiger partial charge in [0.2, 0.25) is 0 Å². The van der Waals surface area contributed by atoms with Crippen LogP contribution in [0.1, 0.15) is 54.5 Å². The molecule has 0 aliphatic heterocycles. The maximum absolute atomic E-state index is 12.0. The van der Waals surface area contributed by atoms with E-state index in [1.807, 2.05) is 0 Å². The van der Waals surface area contributed by atoms with E-state index in [-0.39, 0.29) is 5.91 Å². The van der Waals surface area contributed by atoms with E-state index < -0.39 is 0 Å². The highest BCUT2D eigenvalue weighted by molar-refractivity contribution is 7.09. The second kappa shape index (κ2) is 6.29. The SMILES string of the molecule is CC1CCCC(NC(=O)c2csc(CN)n2)CC1. The minimum atomic E-state index is -0.0505. The summed E-state index contributed by atoms with van der Waals surface area (Å²) >= 11 is 1.45. The number of aromatic nitrogens is 1. The number of carbonyl (C=O) groups excluding carboxylic acids is 1. The van der Waals surface area contributed by atoms with Crippen molar-refractivity contribution in [3.63, 3.8) is 0 Å². The lowest BCUT2D eigenvalue weighted by atomic mass is 10.0. The first-order valence-corrected chi connectivity index (χ1v) is 7.52. The highest BCUT2D eigenvalue weighted by atomic mass is 32.1. The number of rotatable bonds is 3. The predicted molar refractivity (Wildman–Crippen MR) is 73.5 cm³/mol. The molecule has 2 unspecified atom stereocenters. The van der Waals surface area contributed by atoms with Crippen LogP contribution in [0.15, 0.2) is 5.38 Å². The van der Waals surface area contributed by atoms with Crippen LogP contribution in [0.2, 0.25) is 0 Å². The van der Waals surface area contributed by atoms with Crippen LogP contribution in [0.4, 0.5) is 0 Å². The van der Waals surface area contributed by atoms with Crippen molar-refractivity contribution in [2.75, 3.05) is 0 Å². The molecule has 1 aromatic heterocycles. The molecule has 0 saturated heterocycles. The van der Waals surface area contributed by atoms with Gasteiger partial charge in [-0.3, -0.25) is 4.79 Å². The van der Waals surface area contributed by atoms with E-state index in [1.165, 1.54) is 30.6 Å². The number of amides is 1. The average molecular weight is 267 g/mol. The minimum Gasteiger partial charge on any atom is -0.348 e. The van der Waals surface area contributed by atoms with Crippen LogP contribution in [0, 0.1) is 5.92 Å². The molecule has 1 aliphatic rings. The molecule has 5 heteroatoms. The highest BCUT2D eigenvalue weighted by Gasteiger charge is 2.19. The van der Waals surface area contributed by atoms with E-state index in [0.717, 1.165) is 23.8 Å². The van der Waals surface area contributed by atoms with Gasteiger partial charge in [0.1, 0.15) is 10.7 Å². The molecule has 100 valence electrons. The van der Waals surface area contributed by atoms with E-state index in [9.17, 15) is 4.79 Å². The summed E-state index contributed by atoms with van der Waals surface area (Å²) in [6, 6.07) is 0.311. The summed E-state index contributed by atoms with van der Waals surface area (Å²) in [6.45, 7) is 2.69. The van der Waals surface area contributed by atoms with Crippen molar-refractivity contribution in [3.05, 3.63) is 16.1 Å². The van der Waals surface area contributed by atoms with Crippen molar-refractivity contribution >= 4 is 17.2 Å². The fourth-order valence-corrected chi connectivity index (χ4v) is 3.05. The van der Waals surface area contributed by atoms with E-state index in [2.05, 4.69) is 17.2 Å². The molecule has 0 aromatic carbocycles.